The summed E-state index contributed by atoms with van der Waals surface area (Å²) < 4.78 is 13.0. The smallest absolute Gasteiger partial charge is 1.00 e. The maximum atomic E-state index is 9.05. The molecule has 0 saturated carbocycles. The van der Waals surface area contributed by atoms with Gasteiger partial charge < -0.3 is 2.85 Å². The maximum absolute atomic E-state index is 9.05. The number of rotatable bonds is 1. The molecule has 0 atom stereocenters. The molecule has 0 spiro atoms. The molecule has 28 valence electrons. The van der Waals surface area contributed by atoms with Gasteiger partial charge in [0.2, 0.25) is 0 Å². The summed E-state index contributed by atoms with van der Waals surface area (Å²) >= 11 is 0. The minimum absolute atomic E-state index is 0. The molecule has 0 bridgehead atoms. The maximum Gasteiger partial charge on any atom is 2.00 e. The third kappa shape index (κ3) is 10.9. The Hall–Kier alpha value is 1.32. The van der Waals surface area contributed by atoms with E-state index in [9.17, 15) is 0 Å². The van der Waals surface area contributed by atoms with E-state index in [1.165, 1.54) is 7.11 Å². The van der Waals surface area contributed by atoms with Gasteiger partial charge in [0.05, 0.1) is 0 Å². The van der Waals surface area contributed by atoms with Crippen LogP contribution in [0.3, 0.4) is 0 Å². The molecule has 0 fully saturated rings. The summed E-state index contributed by atoms with van der Waals surface area (Å²) in [6.45, 7) is 0. The van der Waals surface area contributed by atoms with Crippen LogP contribution in [-0.4, -0.2) is 44.8 Å². The Morgan fingerprint density at radius 2 is 2.20 bits per heavy atom. The Bertz CT molecular complexity index is 29.7. The van der Waals surface area contributed by atoms with Crippen molar-refractivity contribution in [2.24, 2.45) is 0 Å². The first-order chi connectivity index (χ1) is 1.91. The van der Waals surface area contributed by atoms with Crippen LogP contribution >= 0.6 is 8.69 Å². The fourth-order valence-electron chi connectivity index (χ4n) is 0. The van der Waals surface area contributed by atoms with Crippen LogP contribution < -0.4 is 0 Å². The van der Waals surface area contributed by atoms with Crippen molar-refractivity contribution in [2.75, 3.05) is 7.11 Å². The second-order valence-corrected chi connectivity index (χ2v) is 0.771. The van der Waals surface area contributed by atoms with Gasteiger partial charge in [-0.15, -0.1) is 0 Å². The van der Waals surface area contributed by atoms with Crippen LogP contribution in [0.2, 0.25) is 0 Å². The van der Waals surface area contributed by atoms with Crippen molar-refractivity contribution in [3.8, 4) is 0 Å². The van der Waals surface area contributed by atoms with E-state index in [1.807, 2.05) is 0 Å². The monoisotopic (exact) mass is 120 g/mol. The molecular formula is CH5CaO2P. The molecule has 2 nitrogen and oxygen atoms in total. The first kappa shape index (κ1) is 9.58. The Kier molecular flexibility index (Phi) is 17.3. The topological polar surface area (TPSA) is 26.3 Å². The van der Waals surface area contributed by atoms with Gasteiger partial charge in [-0.05, 0) is 0 Å². The van der Waals surface area contributed by atoms with E-state index in [1.54, 1.807) is 0 Å². The molecule has 0 heterocycles. The van der Waals surface area contributed by atoms with Gasteiger partial charge >= 0.3 is 46.4 Å². The van der Waals surface area contributed by atoms with Crippen LogP contribution in [-0.2, 0) is 9.09 Å². The van der Waals surface area contributed by atoms with Crippen LogP contribution in [0, 0.1) is 0 Å². The normalized spacial score (nSPS) is 6.60. The predicted octanol–water partition coefficient (Wildman–Crippen LogP) is 0.684. The average Bonchev–Trinajstić information content (AvgIpc) is 1.37. The molecule has 0 aliphatic rings. The summed E-state index contributed by atoms with van der Waals surface area (Å²) in [6, 6.07) is 0. The van der Waals surface area contributed by atoms with Gasteiger partial charge in [-0.2, -0.15) is 0 Å². The van der Waals surface area contributed by atoms with Crippen molar-refractivity contribution >= 4 is 46.4 Å². The van der Waals surface area contributed by atoms with Gasteiger partial charge in [0.1, 0.15) is 0 Å². The molecule has 0 amide bonds. The molecular weight excluding hydrogens is 115 g/mol. The summed E-state index contributed by atoms with van der Waals surface area (Å²) in [7, 11) is 1.10. The first-order valence-electron chi connectivity index (χ1n) is 0.773. The summed E-state index contributed by atoms with van der Waals surface area (Å²) in [5, 5.41) is 0. The van der Waals surface area contributed by atoms with Crippen molar-refractivity contribution in [3.05, 3.63) is 0 Å². The average molecular weight is 120 g/mol. The minimum Gasteiger partial charge on any atom is -1.00 e. The largest absolute Gasteiger partial charge is 2.00 e. The van der Waals surface area contributed by atoms with Crippen molar-refractivity contribution in [1.29, 1.82) is 0 Å². The van der Waals surface area contributed by atoms with E-state index in [0.717, 1.165) is 0 Å². The third-order valence-corrected chi connectivity index (χ3v) is 0.224. The molecule has 0 radical (unpaired) electrons. The zero-order chi connectivity index (χ0) is 3.41. The molecule has 0 rings (SSSR count). The molecule has 0 unspecified atom stereocenters. The standard InChI is InChI=1S/CH3O2P.Ca.2H/c1-3-4-2;;;/h1H3;;;/q;+2;2*-1. The fourth-order valence-corrected chi connectivity index (χ4v) is 0. The summed E-state index contributed by atoms with van der Waals surface area (Å²) in [5.74, 6) is 0. The Balaban J connectivity index is -0.0000000150. The molecule has 0 aromatic rings. The van der Waals surface area contributed by atoms with Gasteiger partial charge in [-0.25, -0.2) is 4.57 Å². The molecule has 4 heteroatoms. The zero-order valence-corrected chi connectivity index (χ0v) is 6.07. The van der Waals surface area contributed by atoms with Crippen molar-refractivity contribution < 1.29 is 11.9 Å². The molecule has 5 heavy (non-hydrogen) atoms. The fraction of sp³-hybridized carbons (Fsp3) is 1.00. The SMILES string of the molecule is COP=O.[Ca+2].[H-].[H-]. The quantitative estimate of drug-likeness (QED) is 0.376. The molecule has 0 aromatic carbocycles. The second-order valence-electron chi connectivity index (χ2n) is 0.257. The van der Waals surface area contributed by atoms with Crippen molar-refractivity contribution in [3.63, 3.8) is 0 Å². The molecule has 0 aliphatic carbocycles. The van der Waals surface area contributed by atoms with Crippen LogP contribution in [0.5, 0.6) is 0 Å². The van der Waals surface area contributed by atoms with E-state index in [-0.39, 0.29) is 49.3 Å². The van der Waals surface area contributed by atoms with Gasteiger partial charge in [0.25, 0.3) is 0 Å². The molecule has 0 aromatic heterocycles. The molecule has 0 saturated heterocycles. The Morgan fingerprint density at radius 1 is 2.00 bits per heavy atom. The summed E-state index contributed by atoms with van der Waals surface area (Å²) in [5.41, 5.74) is 0. The van der Waals surface area contributed by atoms with E-state index in [4.69, 9.17) is 4.57 Å². The molecule has 0 N–H and O–H groups in total. The van der Waals surface area contributed by atoms with Crippen molar-refractivity contribution in [1.82, 2.24) is 0 Å². The van der Waals surface area contributed by atoms with E-state index < -0.39 is 0 Å². The van der Waals surface area contributed by atoms with Crippen LogP contribution in [0.1, 0.15) is 2.85 Å². The van der Waals surface area contributed by atoms with Crippen LogP contribution in [0.4, 0.5) is 0 Å². The van der Waals surface area contributed by atoms with E-state index >= 15 is 0 Å². The van der Waals surface area contributed by atoms with Gasteiger partial charge in [0.15, 0.2) is 0 Å². The van der Waals surface area contributed by atoms with Crippen LogP contribution in [0.25, 0.3) is 0 Å². The summed E-state index contributed by atoms with van der Waals surface area (Å²) in [4.78, 5) is 0. The van der Waals surface area contributed by atoms with Crippen molar-refractivity contribution in [2.45, 2.75) is 0 Å². The number of hydrogen-bond acceptors (Lipinski definition) is 2. The zero-order valence-electron chi connectivity index (χ0n) is 4.97. The number of hydrogen-bond donors (Lipinski definition) is 0. The first-order valence-corrected chi connectivity index (χ1v) is 1.50. The Labute approximate surface area is 65.1 Å². The van der Waals surface area contributed by atoms with Gasteiger partial charge in [-0.3, -0.25) is 4.52 Å². The van der Waals surface area contributed by atoms with Gasteiger partial charge in [0, 0.05) is 7.11 Å². The molecule has 0 aliphatic heterocycles. The third-order valence-electron chi connectivity index (χ3n) is 0.0745. The van der Waals surface area contributed by atoms with E-state index in [0.29, 0.717) is 0 Å². The predicted molar refractivity (Wildman–Crippen MR) is 22.6 cm³/mol. The van der Waals surface area contributed by atoms with E-state index in [2.05, 4.69) is 4.52 Å². The minimum atomic E-state index is -0.252. The van der Waals surface area contributed by atoms with Gasteiger partial charge in [-0.1, -0.05) is 0 Å². The summed E-state index contributed by atoms with van der Waals surface area (Å²) in [6.07, 6.45) is 0. The Morgan fingerprint density at radius 3 is 2.20 bits per heavy atom. The van der Waals surface area contributed by atoms with Crippen LogP contribution in [0.15, 0.2) is 0 Å². The second kappa shape index (κ2) is 9.01.